The van der Waals surface area contributed by atoms with E-state index in [0.717, 1.165) is 0 Å². The molecule has 66 valence electrons. The van der Waals surface area contributed by atoms with Crippen molar-refractivity contribution in [2.24, 2.45) is 0 Å². The summed E-state index contributed by atoms with van der Waals surface area (Å²) in [5, 5.41) is 0. The largest absolute Gasteiger partial charge is 0.262 e. The van der Waals surface area contributed by atoms with Crippen LogP contribution in [0, 0.1) is 0 Å². The van der Waals surface area contributed by atoms with Gasteiger partial charge in [-0.2, -0.15) is 0 Å². The minimum atomic E-state index is 1.27. The van der Waals surface area contributed by atoms with Gasteiger partial charge in [0.25, 0.3) is 0 Å². The van der Waals surface area contributed by atoms with E-state index in [1.807, 2.05) is 0 Å². The first-order valence-corrected chi connectivity index (χ1v) is 5.78. The molecule has 0 radical (unpaired) electrons. The van der Waals surface area contributed by atoms with Gasteiger partial charge in [0, 0.05) is 5.75 Å². The zero-order chi connectivity index (χ0) is 8.16. The average Bonchev–Trinajstić information content (AvgIpc) is 2.07. The molecule has 1 saturated heterocycles. The summed E-state index contributed by atoms with van der Waals surface area (Å²) in [5.41, 5.74) is 0. The lowest BCUT2D eigenvalue weighted by atomic mass is 10.1. The summed E-state index contributed by atoms with van der Waals surface area (Å²) in [6.07, 6.45) is 4.35. The van der Waals surface area contributed by atoms with E-state index >= 15 is 0 Å². The van der Waals surface area contributed by atoms with E-state index in [1.165, 1.54) is 48.5 Å². The lowest BCUT2D eigenvalue weighted by molar-refractivity contribution is -0.799. The van der Waals surface area contributed by atoms with Crippen molar-refractivity contribution in [3.8, 4) is 0 Å². The van der Waals surface area contributed by atoms with Gasteiger partial charge in [-0.1, -0.05) is 6.92 Å². The maximum atomic E-state index is 2.33. The van der Waals surface area contributed by atoms with Crippen LogP contribution in [0.15, 0.2) is 0 Å². The quantitative estimate of drug-likeness (QED) is 0.468. The van der Waals surface area contributed by atoms with E-state index in [0.29, 0.717) is 0 Å². The van der Waals surface area contributed by atoms with Gasteiger partial charge in [0.1, 0.15) is 0 Å². The predicted molar refractivity (Wildman–Crippen MR) is 52.5 cm³/mol. The molecule has 0 amide bonds. The first-order chi connectivity index (χ1) is 5.33. The second-order valence-corrected chi connectivity index (χ2v) is 4.91. The van der Waals surface area contributed by atoms with Gasteiger partial charge in [-0.05, 0) is 26.2 Å². The van der Waals surface area contributed by atoms with Gasteiger partial charge in [0.05, 0.1) is 31.6 Å². The fraction of sp³-hybridized carbons (Fsp3) is 1.00. The third kappa shape index (κ3) is 2.38. The summed E-state index contributed by atoms with van der Waals surface area (Å²) < 4.78 is 1.33. The molecule has 2 heteroatoms. The summed E-state index contributed by atoms with van der Waals surface area (Å²) in [6, 6.07) is 0. The van der Waals surface area contributed by atoms with E-state index in [1.54, 1.807) is 0 Å². The molecule has 0 spiro atoms. The smallest absolute Gasteiger partial charge is 0.0892 e. The fourth-order valence-electron chi connectivity index (χ4n) is 1.90. The molecule has 1 fully saturated rings. The summed E-state index contributed by atoms with van der Waals surface area (Å²) in [7, 11) is 0. The van der Waals surface area contributed by atoms with E-state index in [9.17, 15) is 0 Å². The van der Waals surface area contributed by atoms with Gasteiger partial charge in [-0.3, -0.25) is 3.89 Å². The van der Waals surface area contributed by atoms with Crippen LogP contribution in [-0.4, -0.2) is 29.3 Å². The predicted octanol–water partition coefficient (Wildman–Crippen LogP) is 2.68. The molecule has 11 heavy (non-hydrogen) atoms. The van der Waals surface area contributed by atoms with Crippen LogP contribution in [0.5, 0.6) is 0 Å². The standard InChI is InChI=1S/C9H20NS/c1-3-10(11-4-2)8-6-5-7-9-10/h3-9H2,1-2H3/q+1. The average molecular weight is 174 g/mol. The Bertz CT molecular complexity index is 103. The zero-order valence-electron chi connectivity index (χ0n) is 7.81. The highest BCUT2D eigenvalue weighted by molar-refractivity contribution is 7.93. The molecule has 0 unspecified atom stereocenters. The van der Waals surface area contributed by atoms with E-state index in [4.69, 9.17) is 0 Å². The topological polar surface area (TPSA) is 0 Å². The lowest BCUT2D eigenvalue weighted by Gasteiger charge is -2.37. The van der Waals surface area contributed by atoms with Crippen molar-refractivity contribution < 1.29 is 3.89 Å². The summed E-state index contributed by atoms with van der Waals surface area (Å²) in [6.45, 7) is 8.74. The van der Waals surface area contributed by atoms with Crippen LogP contribution < -0.4 is 0 Å². The van der Waals surface area contributed by atoms with Gasteiger partial charge in [-0.15, -0.1) is 0 Å². The number of nitrogens with zero attached hydrogens (tertiary/aromatic N) is 1. The molecule has 0 aromatic rings. The first-order valence-electron chi connectivity index (χ1n) is 4.83. The molecule has 0 atom stereocenters. The SMILES string of the molecule is CCS[N+]1(CC)CCCCC1. The minimum Gasteiger partial charge on any atom is -0.262 e. The number of piperidine rings is 1. The van der Waals surface area contributed by atoms with Crippen molar-refractivity contribution in [2.75, 3.05) is 25.4 Å². The van der Waals surface area contributed by atoms with E-state index in [-0.39, 0.29) is 0 Å². The van der Waals surface area contributed by atoms with Crippen LogP contribution in [0.25, 0.3) is 0 Å². The van der Waals surface area contributed by atoms with Crippen LogP contribution in [-0.2, 0) is 0 Å². The molecule has 1 rings (SSSR count). The van der Waals surface area contributed by atoms with Gasteiger partial charge in [0.15, 0.2) is 0 Å². The Morgan fingerprint density at radius 2 is 1.73 bits per heavy atom. The molecule has 0 aromatic heterocycles. The number of hydrogen-bond donors (Lipinski definition) is 0. The van der Waals surface area contributed by atoms with Crippen LogP contribution in [0.1, 0.15) is 33.1 Å². The number of likely N-dealkylation sites (tertiary alicyclic amines) is 1. The Balaban J connectivity index is 2.42. The Hall–Kier alpha value is 0.310. The Morgan fingerprint density at radius 3 is 2.18 bits per heavy atom. The molecule has 1 aliphatic rings. The highest BCUT2D eigenvalue weighted by atomic mass is 32.2. The summed E-state index contributed by atoms with van der Waals surface area (Å²) in [5.74, 6) is 1.27. The fourth-order valence-corrected chi connectivity index (χ4v) is 3.15. The highest BCUT2D eigenvalue weighted by Gasteiger charge is 2.28. The molecule has 1 aliphatic heterocycles. The second-order valence-electron chi connectivity index (χ2n) is 3.30. The van der Waals surface area contributed by atoms with Crippen molar-refractivity contribution in [2.45, 2.75) is 33.1 Å². The summed E-state index contributed by atoms with van der Waals surface area (Å²) in [4.78, 5) is 0. The molecular formula is C9H20NS+. The normalized spacial score (nSPS) is 23.5. The monoisotopic (exact) mass is 174 g/mol. The van der Waals surface area contributed by atoms with Crippen molar-refractivity contribution in [1.29, 1.82) is 0 Å². The van der Waals surface area contributed by atoms with Gasteiger partial charge in [0.2, 0.25) is 0 Å². The second kappa shape index (κ2) is 4.36. The third-order valence-corrected chi connectivity index (χ3v) is 4.04. The zero-order valence-corrected chi connectivity index (χ0v) is 8.62. The van der Waals surface area contributed by atoms with Crippen LogP contribution in [0.2, 0.25) is 0 Å². The van der Waals surface area contributed by atoms with Gasteiger partial charge in [-0.25, -0.2) is 0 Å². The van der Waals surface area contributed by atoms with Crippen molar-refractivity contribution in [1.82, 2.24) is 0 Å². The highest BCUT2D eigenvalue weighted by Crippen LogP contribution is 2.28. The molecular weight excluding hydrogens is 154 g/mol. The van der Waals surface area contributed by atoms with Crippen LogP contribution in [0.3, 0.4) is 0 Å². The van der Waals surface area contributed by atoms with Gasteiger partial charge < -0.3 is 0 Å². The molecule has 0 bridgehead atoms. The Morgan fingerprint density at radius 1 is 1.09 bits per heavy atom. The van der Waals surface area contributed by atoms with E-state index < -0.39 is 0 Å². The van der Waals surface area contributed by atoms with E-state index in [2.05, 4.69) is 25.8 Å². The number of hydrogen-bond acceptors (Lipinski definition) is 1. The molecule has 1 heterocycles. The molecule has 0 N–H and O–H groups in total. The third-order valence-electron chi connectivity index (χ3n) is 2.61. The summed E-state index contributed by atoms with van der Waals surface area (Å²) >= 11 is 2.14. The maximum absolute atomic E-state index is 2.33. The molecule has 0 saturated carbocycles. The van der Waals surface area contributed by atoms with Crippen molar-refractivity contribution in [3.63, 3.8) is 0 Å². The van der Waals surface area contributed by atoms with Crippen molar-refractivity contribution >= 4 is 11.9 Å². The molecule has 1 nitrogen and oxygen atoms in total. The first kappa shape index (κ1) is 9.40. The van der Waals surface area contributed by atoms with Crippen LogP contribution >= 0.6 is 11.9 Å². The number of rotatable bonds is 3. The Labute approximate surface area is 74.9 Å². The lowest BCUT2D eigenvalue weighted by Crippen LogP contribution is -2.45. The molecule has 0 aromatic carbocycles. The minimum absolute atomic E-state index is 1.27. The number of quaternary nitrogens is 1. The molecule has 0 aliphatic carbocycles. The van der Waals surface area contributed by atoms with Crippen molar-refractivity contribution in [3.05, 3.63) is 0 Å². The maximum Gasteiger partial charge on any atom is 0.0892 e. The Kier molecular flexibility index (Phi) is 3.73. The van der Waals surface area contributed by atoms with Crippen LogP contribution in [0.4, 0.5) is 0 Å². The van der Waals surface area contributed by atoms with Gasteiger partial charge >= 0.3 is 0 Å².